The van der Waals surface area contributed by atoms with E-state index in [9.17, 15) is 9.90 Å². The molecule has 1 fully saturated rings. The number of hydrogen-bond acceptors (Lipinski definition) is 4. The molecule has 0 saturated heterocycles. The van der Waals surface area contributed by atoms with Gasteiger partial charge < -0.3 is 9.84 Å². The molecule has 116 valence electrons. The summed E-state index contributed by atoms with van der Waals surface area (Å²) in [7, 11) is 1.30. The molecule has 0 bridgehead atoms. The smallest absolute Gasteiger partial charge is 0.341 e. The largest absolute Gasteiger partial charge is 0.507 e. The maximum absolute atomic E-state index is 11.5. The van der Waals surface area contributed by atoms with Gasteiger partial charge in [-0.1, -0.05) is 25.3 Å². The van der Waals surface area contributed by atoms with Crippen molar-refractivity contribution in [3.8, 4) is 16.9 Å². The number of ether oxygens (including phenoxy) is 1. The lowest BCUT2D eigenvalue weighted by atomic mass is 9.96. The third kappa shape index (κ3) is 2.84. The van der Waals surface area contributed by atoms with Crippen LogP contribution in [0.4, 0.5) is 0 Å². The summed E-state index contributed by atoms with van der Waals surface area (Å²) >= 11 is 0. The van der Waals surface area contributed by atoms with Gasteiger partial charge in [0.1, 0.15) is 11.3 Å². The molecule has 1 aliphatic rings. The Bertz CT molecular complexity index is 672. The zero-order valence-corrected chi connectivity index (χ0v) is 12.7. The lowest BCUT2D eigenvalue weighted by Gasteiger charge is -2.21. The molecule has 2 aromatic rings. The highest BCUT2D eigenvalue weighted by Crippen LogP contribution is 2.31. The van der Waals surface area contributed by atoms with Crippen LogP contribution in [0.2, 0.25) is 0 Å². The van der Waals surface area contributed by atoms with Crippen LogP contribution in [-0.2, 0) is 4.74 Å². The molecule has 0 amide bonds. The second-order valence-electron chi connectivity index (χ2n) is 5.72. The van der Waals surface area contributed by atoms with Gasteiger partial charge in [0, 0.05) is 11.8 Å². The van der Waals surface area contributed by atoms with E-state index in [1.54, 1.807) is 24.4 Å². The van der Waals surface area contributed by atoms with Gasteiger partial charge in [0.25, 0.3) is 0 Å². The maximum Gasteiger partial charge on any atom is 0.341 e. The molecule has 1 N–H and O–H groups in total. The van der Waals surface area contributed by atoms with Gasteiger partial charge in [-0.3, -0.25) is 4.68 Å². The number of aromatic nitrogens is 2. The first-order chi connectivity index (χ1) is 10.7. The quantitative estimate of drug-likeness (QED) is 0.880. The third-order valence-corrected chi connectivity index (χ3v) is 4.29. The number of phenolic OH excluding ortho intramolecular Hbond substituents is 1. The van der Waals surface area contributed by atoms with Crippen molar-refractivity contribution in [3.05, 3.63) is 36.2 Å². The number of phenols is 1. The van der Waals surface area contributed by atoms with E-state index in [1.807, 2.05) is 10.9 Å². The molecule has 22 heavy (non-hydrogen) atoms. The first-order valence-electron chi connectivity index (χ1n) is 7.65. The fraction of sp³-hybridized carbons (Fsp3) is 0.412. The Kier molecular flexibility index (Phi) is 4.13. The molecule has 5 nitrogen and oxygen atoms in total. The van der Waals surface area contributed by atoms with Crippen LogP contribution in [-0.4, -0.2) is 28.0 Å². The third-order valence-electron chi connectivity index (χ3n) is 4.29. The maximum atomic E-state index is 11.5. The zero-order valence-electron chi connectivity index (χ0n) is 12.7. The number of methoxy groups -OCH3 is 1. The summed E-state index contributed by atoms with van der Waals surface area (Å²) in [6.45, 7) is 0. The SMILES string of the molecule is COC(=O)c1ccc(-c2cnn(C3CCCCC3)c2)cc1O. The average molecular weight is 300 g/mol. The minimum atomic E-state index is -0.540. The molecule has 0 atom stereocenters. The van der Waals surface area contributed by atoms with E-state index in [2.05, 4.69) is 9.84 Å². The standard InChI is InChI=1S/C17H20N2O3/c1-22-17(21)15-8-7-12(9-16(15)20)13-10-18-19(11-13)14-5-3-2-4-6-14/h7-11,14,20H,2-6H2,1H3. The minimum absolute atomic E-state index is 0.0743. The van der Waals surface area contributed by atoms with E-state index in [4.69, 9.17) is 0 Å². The van der Waals surface area contributed by atoms with E-state index in [0.717, 1.165) is 11.1 Å². The molecule has 1 aromatic carbocycles. The topological polar surface area (TPSA) is 64.3 Å². The Morgan fingerprint density at radius 2 is 2.05 bits per heavy atom. The number of aromatic hydroxyl groups is 1. The first kappa shape index (κ1) is 14.6. The van der Waals surface area contributed by atoms with Crippen LogP contribution in [0.3, 0.4) is 0 Å². The second kappa shape index (κ2) is 6.22. The zero-order chi connectivity index (χ0) is 15.5. The van der Waals surface area contributed by atoms with Gasteiger partial charge in [-0.25, -0.2) is 4.79 Å². The predicted molar refractivity (Wildman–Crippen MR) is 82.8 cm³/mol. The molecule has 0 radical (unpaired) electrons. The molecule has 1 aromatic heterocycles. The van der Waals surface area contributed by atoms with E-state index < -0.39 is 5.97 Å². The summed E-state index contributed by atoms with van der Waals surface area (Å²) < 4.78 is 6.66. The average Bonchev–Trinajstić information content (AvgIpc) is 3.05. The van der Waals surface area contributed by atoms with Gasteiger partial charge in [0.05, 0.1) is 19.3 Å². The number of nitrogens with zero attached hydrogens (tertiary/aromatic N) is 2. The molecule has 0 spiro atoms. The fourth-order valence-electron chi connectivity index (χ4n) is 3.03. The minimum Gasteiger partial charge on any atom is -0.507 e. The molecule has 1 heterocycles. The highest BCUT2D eigenvalue weighted by molar-refractivity contribution is 5.93. The van der Waals surface area contributed by atoms with Crippen molar-refractivity contribution in [1.82, 2.24) is 9.78 Å². The van der Waals surface area contributed by atoms with E-state index in [0.29, 0.717) is 6.04 Å². The summed E-state index contributed by atoms with van der Waals surface area (Å²) in [6.07, 6.45) is 10.0. The molecule has 3 rings (SSSR count). The van der Waals surface area contributed by atoms with Crippen molar-refractivity contribution < 1.29 is 14.6 Å². The molecule has 1 aliphatic carbocycles. The Hall–Kier alpha value is -2.30. The van der Waals surface area contributed by atoms with Crippen LogP contribution < -0.4 is 0 Å². The molecule has 1 saturated carbocycles. The highest BCUT2D eigenvalue weighted by Gasteiger charge is 2.17. The van der Waals surface area contributed by atoms with Crippen molar-refractivity contribution >= 4 is 5.97 Å². The van der Waals surface area contributed by atoms with Crippen LogP contribution in [0.1, 0.15) is 48.5 Å². The lowest BCUT2D eigenvalue weighted by Crippen LogP contribution is -2.12. The summed E-state index contributed by atoms with van der Waals surface area (Å²) in [6, 6.07) is 5.43. The fourth-order valence-corrected chi connectivity index (χ4v) is 3.03. The van der Waals surface area contributed by atoms with E-state index in [1.165, 1.54) is 39.2 Å². The van der Waals surface area contributed by atoms with Crippen molar-refractivity contribution in [1.29, 1.82) is 0 Å². The van der Waals surface area contributed by atoms with Gasteiger partial charge in [-0.15, -0.1) is 0 Å². The van der Waals surface area contributed by atoms with Crippen molar-refractivity contribution in [3.63, 3.8) is 0 Å². The number of hydrogen-bond donors (Lipinski definition) is 1. The Balaban J connectivity index is 1.84. The van der Waals surface area contributed by atoms with Gasteiger partial charge in [0.15, 0.2) is 0 Å². The number of esters is 1. The van der Waals surface area contributed by atoms with Crippen LogP contribution in [0.25, 0.3) is 11.1 Å². The Morgan fingerprint density at radius 3 is 2.73 bits per heavy atom. The monoisotopic (exact) mass is 300 g/mol. The van der Waals surface area contributed by atoms with Crippen LogP contribution in [0, 0.1) is 0 Å². The number of carbonyl (C=O) groups excluding carboxylic acids is 1. The predicted octanol–water partition coefficient (Wildman–Crippen LogP) is 3.55. The summed E-state index contributed by atoms with van der Waals surface area (Å²) in [5, 5.41) is 14.4. The summed E-state index contributed by atoms with van der Waals surface area (Å²) in [5.74, 6) is -0.614. The normalized spacial score (nSPS) is 15.7. The van der Waals surface area contributed by atoms with Gasteiger partial charge in [-0.2, -0.15) is 5.10 Å². The molecule has 5 heteroatoms. The Morgan fingerprint density at radius 1 is 1.27 bits per heavy atom. The first-order valence-corrected chi connectivity index (χ1v) is 7.65. The number of carbonyl (C=O) groups is 1. The lowest BCUT2D eigenvalue weighted by molar-refractivity contribution is 0.0597. The van der Waals surface area contributed by atoms with Crippen molar-refractivity contribution in [2.45, 2.75) is 38.1 Å². The highest BCUT2D eigenvalue weighted by atomic mass is 16.5. The molecular weight excluding hydrogens is 280 g/mol. The molecular formula is C17H20N2O3. The number of benzene rings is 1. The van der Waals surface area contributed by atoms with Gasteiger partial charge in [-0.05, 0) is 30.5 Å². The van der Waals surface area contributed by atoms with Gasteiger partial charge in [0.2, 0.25) is 0 Å². The molecule has 0 unspecified atom stereocenters. The second-order valence-corrected chi connectivity index (χ2v) is 5.72. The Labute approximate surface area is 129 Å². The summed E-state index contributed by atoms with van der Waals surface area (Å²) in [4.78, 5) is 11.5. The van der Waals surface area contributed by atoms with Crippen LogP contribution >= 0.6 is 0 Å². The number of rotatable bonds is 3. The summed E-state index contributed by atoms with van der Waals surface area (Å²) in [5.41, 5.74) is 1.95. The molecule has 0 aliphatic heterocycles. The van der Waals surface area contributed by atoms with Crippen molar-refractivity contribution in [2.24, 2.45) is 0 Å². The van der Waals surface area contributed by atoms with E-state index >= 15 is 0 Å². The van der Waals surface area contributed by atoms with Crippen molar-refractivity contribution in [2.75, 3.05) is 7.11 Å². The van der Waals surface area contributed by atoms with Crippen LogP contribution in [0.15, 0.2) is 30.6 Å². The van der Waals surface area contributed by atoms with Crippen LogP contribution in [0.5, 0.6) is 5.75 Å². The van der Waals surface area contributed by atoms with Gasteiger partial charge >= 0.3 is 5.97 Å². The van der Waals surface area contributed by atoms with E-state index in [-0.39, 0.29) is 11.3 Å².